The highest BCUT2D eigenvalue weighted by Crippen LogP contribution is 2.38. The zero-order valence-corrected chi connectivity index (χ0v) is 76.9. The van der Waals surface area contributed by atoms with Crippen LogP contribution < -0.4 is 59.7 Å². The molecule has 5 aromatic carbocycles. The molecular weight excluding hydrogens is 1720 g/mol. The minimum Gasteiger partial charge on any atom is -0.508 e. The van der Waals surface area contributed by atoms with Crippen molar-refractivity contribution in [1.29, 1.82) is 0 Å². The first kappa shape index (κ1) is 102. The van der Waals surface area contributed by atoms with Gasteiger partial charge in [-0.2, -0.15) is 0 Å². The Hall–Kier alpha value is -11.7. The monoisotopic (exact) mass is 1850 g/mol. The van der Waals surface area contributed by atoms with E-state index in [-0.39, 0.29) is 93.1 Å². The minimum absolute atomic E-state index is 0.0129. The summed E-state index contributed by atoms with van der Waals surface area (Å²) in [6.07, 6.45) is 2.67. The number of likely N-dealkylation sites (tertiary alicyclic amines) is 2. The van der Waals surface area contributed by atoms with Gasteiger partial charge in [-0.05, 0) is 141 Å². The van der Waals surface area contributed by atoms with E-state index in [1.165, 1.54) is 65.2 Å². The zero-order valence-electron chi connectivity index (χ0n) is 76.1. The van der Waals surface area contributed by atoms with Crippen molar-refractivity contribution < 1.29 is 91.2 Å². The van der Waals surface area contributed by atoms with Gasteiger partial charge in [0.25, 0.3) is 0 Å². The van der Waals surface area contributed by atoms with E-state index in [1.54, 1.807) is 49.5 Å². The number of aliphatic carboxylic acids is 1. The average Bonchev–Trinajstić information content (AvgIpc) is 1.58. The van der Waals surface area contributed by atoms with Crippen LogP contribution in [0.2, 0.25) is 0 Å². The fourth-order valence-electron chi connectivity index (χ4n) is 17.1. The fraction of sp³-hybridized carbons (Fsp3) is 0.516. The number of nitrogens with one attached hydrogen (secondary N) is 9. The summed E-state index contributed by atoms with van der Waals surface area (Å²) in [7, 11) is 4.37. The summed E-state index contributed by atoms with van der Waals surface area (Å²) in [5.74, 6) is -11.3. The van der Waals surface area contributed by atoms with E-state index >= 15 is 24.0 Å². The second-order valence-corrected chi connectivity index (χ2v) is 36.4. The number of benzene rings is 5. The number of carbonyl (C=O) groups is 14. The van der Waals surface area contributed by atoms with Crippen LogP contribution in [0.3, 0.4) is 0 Å². The second-order valence-electron chi connectivity index (χ2n) is 35.3. The number of para-hydroxylation sites is 1. The van der Waals surface area contributed by atoms with Crippen molar-refractivity contribution in [1.82, 2.24) is 72.0 Å². The lowest BCUT2D eigenvalue weighted by Gasteiger charge is -2.38. The minimum atomic E-state index is -1.52. The van der Waals surface area contributed by atoms with Crippen LogP contribution in [0.5, 0.6) is 5.75 Å². The molecule has 4 aliphatic rings. The largest absolute Gasteiger partial charge is 0.508 e. The van der Waals surface area contributed by atoms with Crippen molar-refractivity contribution in [2.24, 2.45) is 29.0 Å². The molecule has 0 bridgehead atoms. The Balaban J connectivity index is 0.840. The van der Waals surface area contributed by atoms with Gasteiger partial charge in [0.2, 0.25) is 70.9 Å². The van der Waals surface area contributed by atoms with Gasteiger partial charge in [-0.25, -0.2) is 4.39 Å². The number of amides is 12. The number of aromatic nitrogens is 1. The molecule has 1 aromatic heterocycles. The molecular formula is C95H128FN17O18S. The molecule has 17 N–H and O–H groups in total. The lowest BCUT2D eigenvalue weighted by molar-refractivity contribution is -0.152. The molecule has 4 aliphatic heterocycles. The van der Waals surface area contributed by atoms with Gasteiger partial charge in [-0.3, -0.25) is 72.5 Å². The van der Waals surface area contributed by atoms with Gasteiger partial charge in [-0.1, -0.05) is 151 Å². The number of aromatic hydroxyl groups is 1. The maximum Gasteiger partial charge on any atom is 0.305 e. The predicted molar refractivity (Wildman–Crippen MR) is 492 cm³/mol. The lowest BCUT2D eigenvalue weighted by atomic mass is 9.99. The Morgan fingerprint density at radius 2 is 1.20 bits per heavy atom. The van der Waals surface area contributed by atoms with E-state index in [2.05, 4.69) is 47.5 Å². The number of likely N-dealkylation sites (N-methyl/N-ethyl adjacent to an activating group) is 3. The maximum absolute atomic E-state index is 15.4. The number of unbranched alkanes of at least 4 members (excludes halogenated alkanes) is 1. The van der Waals surface area contributed by atoms with Crippen LogP contribution in [0.15, 0.2) is 140 Å². The molecule has 10 rings (SSSR count). The summed E-state index contributed by atoms with van der Waals surface area (Å²) in [6.45, 7) is 9.47. The number of hydrogen-bond acceptors (Lipinski definition) is 22. The number of phenolic OH excluding ortho intramolecular Hbond substituents is 1. The average molecular weight is 1850 g/mol. The number of H-pyrrole nitrogens is 1. The molecule has 0 spiro atoms. The number of epoxide rings is 2. The van der Waals surface area contributed by atoms with Crippen molar-refractivity contribution in [2.75, 3.05) is 58.8 Å². The quantitative estimate of drug-likeness (QED) is 0.0193. The summed E-state index contributed by atoms with van der Waals surface area (Å²) in [5.41, 5.74) is 22.1. The maximum atomic E-state index is 15.4. The number of carboxylic acid groups (broad SMARTS) is 1. The first-order chi connectivity index (χ1) is 63.1. The van der Waals surface area contributed by atoms with Crippen LogP contribution >= 0.6 is 11.8 Å². The van der Waals surface area contributed by atoms with Crippen molar-refractivity contribution in [3.63, 3.8) is 0 Å². The molecule has 37 heteroatoms. The van der Waals surface area contributed by atoms with Crippen molar-refractivity contribution in [3.05, 3.63) is 173 Å². The Kier molecular flexibility index (Phi) is 38.1. The smallest absolute Gasteiger partial charge is 0.305 e. The number of fused-ring (bicyclic) bond motifs is 1. The van der Waals surface area contributed by atoms with E-state index in [9.17, 15) is 57.8 Å². The molecule has 6 unspecified atom stereocenters. The SMILES string of the molecule is CCCC[C@@H](C(=O)N1CCC[C@@H]1C(=O)N[C@H](C=O)CC(=O)O)N(C)C(=O)[C@H](Cc1ccccc1)N(C)C(=O)[C@H](Cc1ccc(F)cc1)NC(=O)CSC[C@H](NC(=O)[C@H](CC(C)C)NC(=O)[C@H](Cc1ccc(O)cc1)NC1OC1[C@H](Cc1c[nH]c2ccccc12)NC(=O)C1CCCN1C1OC1[C@H](CCCN)NC(=O)C(Cc1ccccc1)N(C)C(=O)[C@@H](N)C(C)C)C(=O)NCC(N)=O. The Bertz CT molecular complexity index is 4940. The normalized spacial score (nSPS) is 19.4. The number of hydrogen-bond donors (Lipinski definition) is 14. The number of nitrogens with two attached hydrogens (primary N) is 3. The molecule has 4 fully saturated rings. The molecule has 0 aliphatic carbocycles. The first-order valence-electron chi connectivity index (χ1n) is 45.3. The van der Waals surface area contributed by atoms with Crippen LogP contribution in [-0.4, -0.2) is 285 Å². The van der Waals surface area contributed by atoms with E-state index < -0.39 is 193 Å². The van der Waals surface area contributed by atoms with Gasteiger partial charge < -0.3 is 103 Å². The number of aromatic amines is 1. The van der Waals surface area contributed by atoms with E-state index in [4.69, 9.17) is 26.7 Å². The van der Waals surface area contributed by atoms with Gasteiger partial charge in [0.1, 0.15) is 84.8 Å². The molecule has 12 amide bonds. The third-order valence-corrected chi connectivity index (χ3v) is 25.7. The number of carboxylic acids is 1. The third-order valence-electron chi connectivity index (χ3n) is 24.6. The van der Waals surface area contributed by atoms with Gasteiger partial charge >= 0.3 is 5.97 Å². The molecule has 132 heavy (non-hydrogen) atoms. The van der Waals surface area contributed by atoms with Gasteiger partial charge in [0.05, 0.1) is 55.0 Å². The van der Waals surface area contributed by atoms with Gasteiger partial charge in [0.15, 0.2) is 0 Å². The molecule has 0 saturated carbocycles. The molecule has 35 nitrogen and oxygen atoms in total. The Morgan fingerprint density at radius 1 is 0.606 bits per heavy atom. The van der Waals surface area contributed by atoms with Crippen LogP contribution in [0.4, 0.5) is 4.39 Å². The first-order valence-corrected chi connectivity index (χ1v) is 46.5. The van der Waals surface area contributed by atoms with Crippen LogP contribution in [-0.2, 0) is 109 Å². The topological polar surface area (TPSA) is 511 Å². The van der Waals surface area contributed by atoms with Crippen LogP contribution in [0.1, 0.15) is 133 Å². The summed E-state index contributed by atoms with van der Waals surface area (Å²) in [5, 5.41) is 43.9. The Labute approximate surface area is 772 Å². The highest BCUT2D eigenvalue weighted by atomic mass is 32.2. The van der Waals surface area contributed by atoms with Crippen molar-refractivity contribution >= 4 is 106 Å². The molecule has 714 valence electrons. The standard InChI is InChI=1S/C95H128FN17O18S/c1-9-10-29-75(93(128)112-41-20-30-73(112)87(123)102-63(52-114)49-80(118)119)109(6)92(127)77(47-58-24-15-12-16-25-58)111(8)91(126)71(45-59-32-36-62(96)37-33-59)103-79(117)54-132-53-72(84(120)101-51-78(98)116)107-85(121)69(43-55(2)3)106-86(122)70(44-60-34-38-64(115)39-35-60)108-90-82(130-90)68(48-61-50-100-66-27-18-17-26-65(61)66)105-88(124)74-31-21-42-113(74)95-83(131-95)67(28-19-40-97)104-89(125)76(46-57-22-13-11-14-23-57)110(7)94(129)81(99)56(4)5/h11-18,22-27,32-39,50,52,55-56,63,67-77,81-83,90,95,100,108,115H,9-10,19-21,28-31,40-49,51,53-54,97,99H2,1-8H3,(H2,98,116)(H,101,120)(H,102,123)(H,103,117)(H,104,125)(H,105,124)(H,106,122)(H,107,121)(H,118,119)/t63-,67-,68-,69-,70-,71-,72-,73+,74?,75-,76?,77-,81-,82?,83?,90?,95?/m0/s1. The number of aldehydes is 1. The van der Waals surface area contributed by atoms with E-state index in [0.29, 0.717) is 81.0 Å². The Morgan fingerprint density at radius 3 is 1.83 bits per heavy atom. The predicted octanol–water partition coefficient (Wildman–Crippen LogP) is 2.75. The number of ether oxygens (including phenoxy) is 2. The molecule has 0 radical (unpaired) electrons. The van der Waals surface area contributed by atoms with E-state index in [1.807, 2.05) is 100 Å². The summed E-state index contributed by atoms with van der Waals surface area (Å²) >= 11 is 0.846. The lowest BCUT2D eigenvalue weighted by Crippen LogP contribution is -2.59. The van der Waals surface area contributed by atoms with Gasteiger partial charge in [0, 0.05) is 76.3 Å². The van der Waals surface area contributed by atoms with Gasteiger partial charge in [-0.15, -0.1) is 11.8 Å². The van der Waals surface area contributed by atoms with Crippen LogP contribution in [0.25, 0.3) is 10.9 Å². The van der Waals surface area contributed by atoms with Crippen molar-refractivity contribution in [3.8, 4) is 5.75 Å². The van der Waals surface area contributed by atoms with E-state index in [0.717, 1.165) is 38.7 Å². The number of thioether (sulfide) groups is 1. The number of nitrogens with zero attached hydrogens (tertiary/aromatic N) is 5. The van der Waals surface area contributed by atoms with Crippen LogP contribution in [0, 0.1) is 17.7 Å². The summed E-state index contributed by atoms with van der Waals surface area (Å²) in [6, 6.07) is 22.9. The number of primary amides is 1. The number of halogens is 1. The highest BCUT2D eigenvalue weighted by molar-refractivity contribution is 8.00. The molecule has 6 aromatic rings. The molecule has 4 saturated heterocycles. The summed E-state index contributed by atoms with van der Waals surface area (Å²) in [4.78, 5) is 208. The number of rotatable bonds is 52. The fourth-order valence-corrected chi connectivity index (χ4v) is 18.0. The highest BCUT2D eigenvalue weighted by Gasteiger charge is 2.55. The molecule has 17 atom stereocenters. The second kappa shape index (κ2) is 49.1. The summed E-state index contributed by atoms with van der Waals surface area (Å²) < 4.78 is 27.5. The van der Waals surface area contributed by atoms with Crippen molar-refractivity contribution in [2.45, 2.75) is 241 Å². The number of carbonyl (C=O) groups excluding carboxylic acids is 13. The molecule has 5 heterocycles. The third kappa shape index (κ3) is 28.9. The number of phenols is 1. The zero-order chi connectivity index (χ0) is 95.6.